The normalized spacial score (nSPS) is 16.1. The second-order valence-corrected chi connectivity index (χ2v) is 5.96. The molecule has 1 aromatic heterocycles. The number of hydrogen-bond acceptors (Lipinski definition) is 6. The molecular weight excluding hydrogens is 294 g/mol. The fourth-order valence-electron chi connectivity index (χ4n) is 3.02. The molecule has 124 valence electrons. The van der Waals surface area contributed by atoms with Crippen molar-refractivity contribution in [3.05, 3.63) is 47.2 Å². The fourth-order valence-corrected chi connectivity index (χ4v) is 3.02. The summed E-state index contributed by atoms with van der Waals surface area (Å²) in [5, 5.41) is 9.72. The monoisotopic (exact) mass is 317 g/mol. The molecule has 0 saturated heterocycles. The summed E-state index contributed by atoms with van der Waals surface area (Å²) in [6.45, 7) is 5.18. The van der Waals surface area contributed by atoms with Crippen LogP contribution in [0.5, 0.6) is 5.75 Å². The lowest BCUT2D eigenvalue weighted by Gasteiger charge is -2.31. The van der Waals surface area contributed by atoms with Crippen molar-refractivity contribution in [1.82, 2.24) is 9.88 Å². The molecule has 0 radical (unpaired) electrons. The Labute approximate surface area is 135 Å². The molecule has 6 heteroatoms. The first-order chi connectivity index (χ1) is 11.2. The lowest BCUT2D eigenvalue weighted by molar-refractivity contribution is 0.111. The molecule has 1 aliphatic heterocycles. The van der Waals surface area contributed by atoms with E-state index in [4.69, 9.17) is 14.9 Å². The highest BCUT2D eigenvalue weighted by molar-refractivity contribution is 5.45. The molecule has 0 saturated carbocycles. The largest absolute Gasteiger partial charge is 0.485 e. The number of aliphatic hydroxyl groups excluding tert-OH is 1. The van der Waals surface area contributed by atoms with Crippen LogP contribution in [0, 0.1) is 6.92 Å². The fraction of sp³-hybridized carbons (Fsp3) is 0.471. The van der Waals surface area contributed by atoms with Crippen molar-refractivity contribution in [2.24, 2.45) is 5.73 Å². The van der Waals surface area contributed by atoms with Crippen LogP contribution >= 0.6 is 0 Å². The number of aromatic nitrogens is 1. The van der Waals surface area contributed by atoms with Crippen molar-refractivity contribution < 1.29 is 14.3 Å². The van der Waals surface area contributed by atoms with Crippen LogP contribution in [0.1, 0.15) is 22.5 Å². The molecule has 23 heavy (non-hydrogen) atoms. The lowest BCUT2D eigenvalue weighted by atomic mass is 9.94. The van der Waals surface area contributed by atoms with Gasteiger partial charge < -0.3 is 20.0 Å². The van der Waals surface area contributed by atoms with Gasteiger partial charge >= 0.3 is 0 Å². The molecule has 0 bridgehead atoms. The van der Waals surface area contributed by atoms with Crippen LogP contribution in [0.25, 0.3) is 0 Å². The summed E-state index contributed by atoms with van der Waals surface area (Å²) in [6, 6.07) is 4.12. The van der Waals surface area contributed by atoms with Gasteiger partial charge in [0.05, 0.1) is 12.3 Å². The van der Waals surface area contributed by atoms with Crippen LogP contribution in [0.3, 0.4) is 0 Å². The summed E-state index contributed by atoms with van der Waals surface area (Å²) in [6.07, 6.45) is 3.57. The number of hydrogen-bond donors (Lipinski definition) is 2. The van der Waals surface area contributed by atoms with Crippen molar-refractivity contribution in [1.29, 1.82) is 0 Å². The van der Waals surface area contributed by atoms with E-state index in [-0.39, 0.29) is 0 Å². The molecule has 2 heterocycles. The summed E-state index contributed by atoms with van der Waals surface area (Å²) >= 11 is 0. The van der Waals surface area contributed by atoms with E-state index in [0.29, 0.717) is 25.5 Å². The second-order valence-electron chi connectivity index (χ2n) is 5.96. The van der Waals surface area contributed by atoms with E-state index >= 15 is 0 Å². The van der Waals surface area contributed by atoms with Gasteiger partial charge in [-0.3, -0.25) is 4.90 Å². The highest BCUT2D eigenvalue weighted by Crippen LogP contribution is 2.29. The molecule has 3 N–H and O–H groups in total. The molecule has 1 unspecified atom stereocenters. The van der Waals surface area contributed by atoms with Crippen LogP contribution in [0.2, 0.25) is 0 Å². The van der Waals surface area contributed by atoms with Gasteiger partial charge in [-0.1, -0.05) is 6.07 Å². The zero-order valence-electron chi connectivity index (χ0n) is 13.4. The predicted molar refractivity (Wildman–Crippen MR) is 86.1 cm³/mol. The molecule has 0 fully saturated rings. The van der Waals surface area contributed by atoms with Gasteiger partial charge in [0, 0.05) is 26.2 Å². The average molecular weight is 317 g/mol. The molecule has 2 aromatic rings. The van der Waals surface area contributed by atoms with Crippen LogP contribution in [0.15, 0.2) is 29.1 Å². The Hall–Kier alpha value is -1.89. The van der Waals surface area contributed by atoms with Gasteiger partial charge in [-0.15, -0.1) is 0 Å². The van der Waals surface area contributed by atoms with E-state index in [9.17, 15) is 5.11 Å². The minimum absolute atomic E-state index is 0.302. The van der Waals surface area contributed by atoms with Crippen molar-refractivity contribution in [3.8, 4) is 5.75 Å². The summed E-state index contributed by atoms with van der Waals surface area (Å²) in [4.78, 5) is 6.13. The van der Waals surface area contributed by atoms with E-state index in [0.717, 1.165) is 25.3 Å². The van der Waals surface area contributed by atoms with Gasteiger partial charge in [0.1, 0.15) is 12.4 Å². The Morgan fingerprint density at radius 2 is 2.35 bits per heavy atom. The van der Waals surface area contributed by atoms with Gasteiger partial charge in [-0.05, 0) is 36.1 Å². The maximum absolute atomic E-state index is 9.72. The van der Waals surface area contributed by atoms with E-state index < -0.39 is 6.10 Å². The highest BCUT2D eigenvalue weighted by atomic mass is 16.5. The van der Waals surface area contributed by atoms with Gasteiger partial charge in [0.15, 0.2) is 12.2 Å². The summed E-state index contributed by atoms with van der Waals surface area (Å²) < 4.78 is 11.0. The van der Waals surface area contributed by atoms with Crippen molar-refractivity contribution >= 4 is 0 Å². The molecule has 3 rings (SSSR count). The van der Waals surface area contributed by atoms with Gasteiger partial charge in [-0.2, -0.15) is 0 Å². The van der Waals surface area contributed by atoms with Crippen LogP contribution < -0.4 is 10.5 Å². The third-order valence-corrected chi connectivity index (χ3v) is 4.31. The molecule has 1 aromatic carbocycles. The molecular formula is C17H23N3O3. The molecule has 6 nitrogen and oxygen atoms in total. The molecule has 1 aliphatic rings. The van der Waals surface area contributed by atoms with Gasteiger partial charge in [-0.25, -0.2) is 4.98 Å². The maximum atomic E-state index is 9.72. The molecule has 0 amide bonds. The number of oxazole rings is 1. The van der Waals surface area contributed by atoms with Gasteiger partial charge in [0.2, 0.25) is 0 Å². The molecule has 1 atom stereocenters. The first-order valence-corrected chi connectivity index (χ1v) is 7.89. The zero-order valence-corrected chi connectivity index (χ0v) is 13.4. The number of nitrogens with two attached hydrogens (primary N) is 1. The zero-order chi connectivity index (χ0) is 16.2. The average Bonchev–Trinajstić information content (AvgIpc) is 3.07. The van der Waals surface area contributed by atoms with Crippen molar-refractivity contribution in [3.63, 3.8) is 0 Å². The SMILES string of the molecule is Cc1c(OCc2cnco2)ccc2c1CCN(CC(O)CN)C2. The third-order valence-electron chi connectivity index (χ3n) is 4.31. The van der Waals surface area contributed by atoms with E-state index in [1.807, 2.05) is 6.07 Å². The van der Waals surface area contributed by atoms with Crippen LogP contribution in [-0.4, -0.2) is 40.7 Å². The standard InChI is InChI=1S/C17H23N3O3/c1-12-16-4-5-20(9-14(21)6-18)8-13(16)2-3-17(12)22-10-15-7-19-11-23-15/h2-3,7,11,14,21H,4-6,8-10,18H2,1H3. The number of aliphatic hydroxyl groups is 1. The lowest BCUT2D eigenvalue weighted by Crippen LogP contribution is -2.39. The minimum atomic E-state index is -0.456. The Kier molecular flexibility index (Phi) is 4.95. The number of nitrogens with zero attached hydrogens (tertiary/aromatic N) is 2. The first kappa shape index (κ1) is 16.0. The Bertz CT molecular complexity index is 643. The number of fused-ring (bicyclic) bond motifs is 1. The highest BCUT2D eigenvalue weighted by Gasteiger charge is 2.21. The number of β-amino-alcohol motifs (C(OH)–C–C–N with tert-alkyl or cyclic N) is 1. The first-order valence-electron chi connectivity index (χ1n) is 7.89. The summed E-state index contributed by atoms with van der Waals surface area (Å²) in [5.74, 6) is 1.60. The van der Waals surface area contributed by atoms with E-state index in [1.165, 1.54) is 23.1 Å². The van der Waals surface area contributed by atoms with E-state index in [2.05, 4.69) is 22.9 Å². The van der Waals surface area contributed by atoms with E-state index in [1.54, 1.807) is 6.20 Å². The van der Waals surface area contributed by atoms with Crippen LogP contribution in [-0.2, 0) is 19.6 Å². The quantitative estimate of drug-likeness (QED) is 0.834. The van der Waals surface area contributed by atoms with Gasteiger partial charge in [0.25, 0.3) is 0 Å². The molecule has 0 aliphatic carbocycles. The Balaban J connectivity index is 1.68. The maximum Gasteiger partial charge on any atom is 0.181 e. The third kappa shape index (κ3) is 3.72. The number of rotatable bonds is 6. The number of benzene rings is 1. The second kappa shape index (κ2) is 7.12. The van der Waals surface area contributed by atoms with Crippen molar-refractivity contribution in [2.75, 3.05) is 19.6 Å². The van der Waals surface area contributed by atoms with Crippen molar-refractivity contribution in [2.45, 2.75) is 32.6 Å². The summed E-state index contributed by atoms with van der Waals surface area (Å²) in [5.41, 5.74) is 9.32. The summed E-state index contributed by atoms with van der Waals surface area (Å²) in [7, 11) is 0. The Morgan fingerprint density at radius 1 is 1.48 bits per heavy atom. The van der Waals surface area contributed by atoms with Crippen LogP contribution in [0.4, 0.5) is 0 Å². The molecule has 0 spiro atoms. The topological polar surface area (TPSA) is 84.8 Å². The number of ether oxygens (including phenoxy) is 1. The Morgan fingerprint density at radius 3 is 3.09 bits per heavy atom. The minimum Gasteiger partial charge on any atom is -0.485 e. The predicted octanol–water partition coefficient (Wildman–Crippen LogP) is 1.24. The smallest absolute Gasteiger partial charge is 0.181 e.